The van der Waals surface area contributed by atoms with E-state index in [1.54, 1.807) is 0 Å². The monoisotopic (exact) mass is 376 g/mol. The first-order valence-corrected chi connectivity index (χ1v) is 11.0. The van der Waals surface area contributed by atoms with Crippen LogP contribution in [-0.4, -0.2) is 0 Å². The van der Waals surface area contributed by atoms with Crippen LogP contribution >= 0.6 is 34.3 Å². The van der Waals surface area contributed by atoms with Gasteiger partial charge in [0.15, 0.2) is 0 Å². The molecule has 24 heavy (non-hydrogen) atoms. The summed E-state index contributed by atoms with van der Waals surface area (Å²) in [6, 6.07) is 11.2. The van der Waals surface area contributed by atoms with Crippen molar-refractivity contribution >= 4 is 43.7 Å². The average molecular weight is 377 g/mol. The van der Waals surface area contributed by atoms with Crippen LogP contribution in [0.2, 0.25) is 5.02 Å². The van der Waals surface area contributed by atoms with Crippen LogP contribution in [0.15, 0.2) is 30.3 Å². The molecule has 0 bridgehead atoms. The summed E-state index contributed by atoms with van der Waals surface area (Å²) in [5.74, 6) is 0. The number of thiophene rings is 2. The lowest BCUT2D eigenvalue weighted by Gasteiger charge is -2.01. The molecule has 0 saturated heterocycles. The second-order valence-corrected chi connectivity index (χ2v) is 8.93. The number of benzene rings is 1. The Balaban J connectivity index is 1.73. The Labute approximate surface area is 158 Å². The fraction of sp³-hybridized carbons (Fsp3) is 0.429. The molecule has 0 saturated carbocycles. The van der Waals surface area contributed by atoms with Crippen molar-refractivity contribution in [3.05, 3.63) is 45.8 Å². The first kappa shape index (κ1) is 18.0. The van der Waals surface area contributed by atoms with Crippen molar-refractivity contribution in [2.24, 2.45) is 0 Å². The van der Waals surface area contributed by atoms with Gasteiger partial charge in [-0.15, -0.1) is 22.7 Å². The van der Waals surface area contributed by atoms with Gasteiger partial charge in [-0.25, -0.2) is 0 Å². The van der Waals surface area contributed by atoms with E-state index < -0.39 is 0 Å². The van der Waals surface area contributed by atoms with Crippen molar-refractivity contribution in [1.82, 2.24) is 0 Å². The highest BCUT2D eigenvalue weighted by molar-refractivity contribution is 7.30. The predicted octanol–water partition coefficient (Wildman–Crippen LogP) is 8.36. The van der Waals surface area contributed by atoms with Gasteiger partial charge in [-0.3, -0.25) is 0 Å². The molecule has 0 amide bonds. The maximum Gasteiger partial charge on any atom is 0.0770 e. The van der Waals surface area contributed by atoms with Crippen molar-refractivity contribution < 1.29 is 0 Å². The molecule has 0 nitrogen and oxygen atoms in total. The molecule has 0 atom stereocenters. The van der Waals surface area contributed by atoms with Gasteiger partial charge in [-0.2, -0.15) is 0 Å². The first-order valence-electron chi connectivity index (χ1n) is 9.03. The van der Waals surface area contributed by atoms with Crippen LogP contribution in [0.3, 0.4) is 0 Å². The van der Waals surface area contributed by atoms with Gasteiger partial charge in [0, 0.05) is 9.58 Å². The Hall–Kier alpha value is -0.830. The third-order valence-corrected chi connectivity index (χ3v) is 7.64. The molecular formula is C21H25ClS2. The van der Waals surface area contributed by atoms with Gasteiger partial charge < -0.3 is 0 Å². The predicted molar refractivity (Wildman–Crippen MR) is 112 cm³/mol. The normalized spacial score (nSPS) is 11.5. The molecule has 0 fully saturated rings. The van der Waals surface area contributed by atoms with Crippen molar-refractivity contribution in [3.63, 3.8) is 0 Å². The number of halogens is 1. The van der Waals surface area contributed by atoms with E-state index in [1.807, 2.05) is 22.7 Å². The number of rotatable bonds is 8. The number of hydrogen-bond acceptors (Lipinski definition) is 2. The Kier molecular flexibility index (Phi) is 6.37. The maximum atomic E-state index is 6.70. The quantitative estimate of drug-likeness (QED) is 0.346. The molecular weight excluding hydrogens is 352 g/mol. The van der Waals surface area contributed by atoms with E-state index in [0.29, 0.717) is 0 Å². The Bertz CT molecular complexity index is 780. The smallest absolute Gasteiger partial charge is 0.0770 e. The summed E-state index contributed by atoms with van der Waals surface area (Å²) in [6.45, 7) is 4.45. The zero-order chi connectivity index (χ0) is 16.9. The van der Waals surface area contributed by atoms with Crippen molar-refractivity contribution in [1.29, 1.82) is 0 Å². The Morgan fingerprint density at radius 1 is 0.917 bits per heavy atom. The lowest BCUT2D eigenvalue weighted by atomic mass is 10.1. The fourth-order valence-corrected chi connectivity index (χ4v) is 6.00. The summed E-state index contributed by atoms with van der Waals surface area (Å²) in [5, 5.41) is 0.946. The SMILES string of the molecule is CCCCCCCc1cc2sc(-c3ccc(CC)cc3)c(Cl)c2s1. The molecule has 0 aliphatic rings. The molecule has 0 radical (unpaired) electrons. The summed E-state index contributed by atoms with van der Waals surface area (Å²) in [4.78, 5) is 2.71. The molecule has 0 aliphatic heterocycles. The Morgan fingerprint density at radius 3 is 2.33 bits per heavy atom. The zero-order valence-corrected chi connectivity index (χ0v) is 16.9. The van der Waals surface area contributed by atoms with E-state index in [2.05, 4.69) is 44.2 Å². The minimum Gasteiger partial charge on any atom is -0.138 e. The van der Waals surface area contributed by atoms with E-state index in [9.17, 15) is 0 Å². The van der Waals surface area contributed by atoms with Gasteiger partial charge >= 0.3 is 0 Å². The van der Waals surface area contributed by atoms with Crippen molar-refractivity contribution in [3.8, 4) is 10.4 Å². The first-order chi connectivity index (χ1) is 11.7. The molecule has 0 unspecified atom stereocenters. The highest BCUT2D eigenvalue weighted by Crippen LogP contribution is 2.46. The summed E-state index contributed by atoms with van der Waals surface area (Å²) in [7, 11) is 0. The summed E-state index contributed by atoms with van der Waals surface area (Å²) in [5.41, 5.74) is 2.62. The van der Waals surface area contributed by atoms with Gasteiger partial charge in [0.1, 0.15) is 0 Å². The van der Waals surface area contributed by atoms with Gasteiger partial charge in [0.25, 0.3) is 0 Å². The highest BCUT2D eigenvalue weighted by Gasteiger charge is 2.15. The van der Waals surface area contributed by atoms with Crippen LogP contribution in [0.1, 0.15) is 56.4 Å². The molecule has 1 aromatic carbocycles. The summed E-state index contributed by atoms with van der Waals surface area (Å²) in [6.07, 6.45) is 8.98. The average Bonchev–Trinajstić information content (AvgIpc) is 3.14. The number of hydrogen-bond donors (Lipinski definition) is 0. The molecule has 0 aliphatic carbocycles. The van der Waals surface area contributed by atoms with E-state index >= 15 is 0 Å². The van der Waals surface area contributed by atoms with Crippen LogP contribution in [0.25, 0.3) is 19.8 Å². The van der Waals surface area contributed by atoms with E-state index in [-0.39, 0.29) is 0 Å². The number of aryl methyl sites for hydroxylation is 2. The lowest BCUT2D eigenvalue weighted by Crippen LogP contribution is -1.81. The van der Waals surface area contributed by atoms with Gasteiger partial charge in [-0.05, 0) is 36.5 Å². The van der Waals surface area contributed by atoms with Crippen LogP contribution in [0, 0.1) is 0 Å². The van der Waals surface area contributed by atoms with Gasteiger partial charge in [0.2, 0.25) is 0 Å². The maximum absolute atomic E-state index is 6.70. The minimum atomic E-state index is 0.946. The number of fused-ring (bicyclic) bond motifs is 1. The standard InChI is InChI=1S/C21H25ClS2/c1-3-5-6-7-8-9-17-14-18-21(23-17)19(22)20(24-18)16-12-10-15(4-2)11-13-16/h10-14H,3-9H2,1-2H3. The van der Waals surface area contributed by atoms with Crippen LogP contribution < -0.4 is 0 Å². The van der Waals surface area contributed by atoms with Crippen LogP contribution in [0.4, 0.5) is 0 Å². The summed E-state index contributed by atoms with van der Waals surface area (Å²) < 4.78 is 2.63. The summed E-state index contributed by atoms with van der Waals surface area (Å²) >= 11 is 10.4. The van der Waals surface area contributed by atoms with Crippen LogP contribution in [-0.2, 0) is 12.8 Å². The van der Waals surface area contributed by atoms with Crippen molar-refractivity contribution in [2.45, 2.75) is 58.8 Å². The Morgan fingerprint density at radius 2 is 1.67 bits per heavy atom. The van der Waals surface area contributed by atoms with E-state index in [0.717, 1.165) is 11.4 Å². The zero-order valence-electron chi connectivity index (χ0n) is 14.5. The second kappa shape index (κ2) is 8.51. The second-order valence-electron chi connectivity index (χ2n) is 6.37. The molecule has 2 aromatic heterocycles. The molecule has 3 aromatic rings. The molecule has 0 spiro atoms. The van der Waals surface area contributed by atoms with E-state index in [4.69, 9.17) is 11.6 Å². The third-order valence-electron chi connectivity index (χ3n) is 4.51. The lowest BCUT2D eigenvalue weighted by molar-refractivity contribution is 0.634. The van der Waals surface area contributed by atoms with Gasteiger partial charge in [-0.1, -0.05) is 75.4 Å². The molecule has 3 heteroatoms. The fourth-order valence-electron chi connectivity index (χ4n) is 3.01. The van der Waals surface area contributed by atoms with Crippen molar-refractivity contribution in [2.75, 3.05) is 0 Å². The minimum absolute atomic E-state index is 0.946. The third kappa shape index (κ3) is 4.04. The molecule has 2 heterocycles. The topological polar surface area (TPSA) is 0 Å². The highest BCUT2D eigenvalue weighted by atomic mass is 35.5. The molecule has 128 valence electrons. The molecule has 3 rings (SSSR count). The van der Waals surface area contributed by atoms with Crippen LogP contribution in [0.5, 0.6) is 0 Å². The molecule has 0 N–H and O–H groups in total. The van der Waals surface area contributed by atoms with Gasteiger partial charge in [0.05, 0.1) is 14.6 Å². The van der Waals surface area contributed by atoms with E-state index in [1.165, 1.54) is 68.8 Å². The number of unbranched alkanes of at least 4 members (excludes halogenated alkanes) is 4. The largest absolute Gasteiger partial charge is 0.138 e.